The van der Waals surface area contributed by atoms with Crippen LogP contribution in [0.4, 0.5) is 24.8 Å². The van der Waals surface area contributed by atoms with E-state index in [1.54, 1.807) is 42.5 Å². The molecule has 0 saturated heterocycles. The molecular weight excluding hydrogens is 513 g/mol. The molecule has 11 heteroatoms. The highest BCUT2D eigenvalue weighted by Crippen LogP contribution is 2.30. The molecule has 1 unspecified atom stereocenters. The summed E-state index contributed by atoms with van der Waals surface area (Å²) in [7, 11) is 0. The van der Waals surface area contributed by atoms with Gasteiger partial charge in [-0.05, 0) is 61.4 Å². The first-order valence-corrected chi connectivity index (χ1v) is 10.7. The molecular formula is C21H15BrClF3N4O2. The van der Waals surface area contributed by atoms with Crippen molar-refractivity contribution >= 4 is 61.8 Å². The lowest BCUT2D eigenvalue weighted by molar-refractivity contribution is -0.302. The number of aliphatic imine (C=N–C) groups is 1. The van der Waals surface area contributed by atoms with Crippen LogP contribution in [0.1, 0.15) is 23.2 Å². The second-order valence-corrected chi connectivity index (χ2v) is 8.35. The number of fused-ring (bicyclic) bond motifs is 1. The average molecular weight is 528 g/mol. The van der Waals surface area contributed by atoms with Crippen LogP contribution in [0.15, 0.2) is 63.8 Å². The van der Waals surface area contributed by atoms with Gasteiger partial charge in [0.05, 0.1) is 16.4 Å². The van der Waals surface area contributed by atoms with Gasteiger partial charge in [0.1, 0.15) is 11.5 Å². The van der Waals surface area contributed by atoms with Gasteiger partial charge in [-0.15, -0.1) is 24.8 Å². The quantitative estimate of drug-likeness (QED) is 0.382. The van der Waals surface area contributed by atoms with Gasteiger partial charge in [0.25, 0.3) is 5.91 Å². The third kappa shape index (κ3) is 5.31. The topological polar surface area (TPSA) is 79.4 Å². The van der Waals surface area contributed by atoms with E-state index in [2.05, 4.69) is 40.9 Å². The number of benzene rings is 2. The summed E-state index contributed by atoms with van der Waals surface area (Å²) in [4.78, 5) is 23.9. The molecule has 166 valence electrons. The van der Waals surface area contributed by atoms with E-state index in [4.69, 9.17) is 11.6 Å². The highest BCUT2D eigenvalue weighted by molar-refractivity contribution is 9.10. The first kappa shape index (κ1) is 22.3. The molecule has 1 aromatic heterocycles. The van der Waals surface area contributed by atoms with Crippen LogP contribution in [0.3, 0.4) is 0 Å². The molecule has 2 aromatic carbocycles. The van der Waals surface area contributed by atoms with Crippen molar-refractivity contribution in [1.82, 2.24) is 9.97 Å². The van der Waals surface area contributed by atoms with E-state index in [0.29, 0.717) is 35.1 Å². The number of ether oxygens (including phenoxy) is 1. The molecule has 1 atom stereocenters. The molecule has 0 aliphatic heterocycles. The van der Waals surface area contributed by atoms with E-state index < -0.39 is 17.5 Å². The fraction of sp³-hybridized carbons (Fsp3) is 0.190. The zero-order valence-corrected chi connectivity index (χ0v) is 18.6. The molecule has 32 heavy (non-hydrogen) atoms. The average Bonchev–Trinajstić information content (AvgIpc) is 3.13. The van der Waals surface area contributed by atoms with Crippen molar-refractivity contribution in [3.8, 4) is 0 Å². The number of hydrogen-bond donors (Lipinski definition) is 2. The number of carbonyl (C=O) groups is 1. The van der Waals surface area contributed by atoms with Crippen LogP contribution in [-0.2, 0) is 4.74 Å². The van der Waals surface area contributed by atoms with Crippen molar-refractivity contribution in [2.75, 3.05) is 5.32 Å². The van der Waals surface area contributed by atoms with Crippen molar-refractivity contribution in [1.29, 1.82) is 0 Å². The Bertz CT molecular complexity index is 1220. The van der Waals surface area contributed by atoms with E-state index >= 15 is 0 Å². The van der Waals surface area contributed by atoms with Crippen LogP contribution in [0.2, 0.25) is 0 Å². The Balaban J connectivity index is 1.59. The molecule has 3 aromatic rings. The van der Waals surface area contributed by atoms with Crippen molar-refractivity contribution in [3.63, 3.8) is 0 Å². The molecule has 1 aliphatic carbocycles. The van der Waals surface area contributed by atoms with Crippen molar-refractivity contribution < 1.29 is 22.7 Å². The fourth-order valence-corrected chi connectivity index (χ4v) is 3.69. The predicted molar refractivity (Wildman–Crippen MR) is 119 cm³/mol. The Morgan fingerprint density at radius 2 is 2.00 bits per heavy atom. The number of imidazole rings is 1. The first-order valence-electron chi connectivity index (χ1n) is 9.43. The fourth-order valence-electron chi connectivity index (χ4n) is 3.14. The largest absolute Gasteiger partial charge is 0.573 e. The van der Waals surface area contributed by atoms with E-state index in [0.717, 1.165) is 4.47 Å². The van der Waals surface area contributed by atoms with Gasteiger partial charge in [-0.3, -0.25) is 4.79 Å². The lowest BCUT2D eigenvalue weighted by Gasteiger charge is -2.21. The number of H-pyrrole nitrogens is 1. The number of carbonyl (C=O) groups excluding carboxylic acids is 1. The second kappa shape index (κ2) is 8.95. The third-order valence-corrected chi connectivity index (χ3v) is 5.54. The van der Waals surface area contributed by atoms with E-state index in [-0.39, 0.29) is 17.6 Å². The standard InChI is InChI=1S/C21H15BrClF3N4O2/c22-12-5-7-13(8-6-12)27-19(31)11-4-9-15-16(10-11)29-20(28-15)30-18-14(23)2-1-3-17(18)32-21(24,25)26/h3-10,14H,1-2H2,(H,27,31)(H,28,29). The van der Waals surface area contributed by atoms with Crippen molar-refractivity contribution in [2.45, 2.75) is 24.6 Å². The van der Waals surface area contributed by atoms with Crippen LogP contribution >= 0.6 is 27.5 Å². The number of aromatic amines is 1. The molecule has 0 bridgehead atoms. The SMILES string of the molecule is O=C(Nc1ccc(Br)cc1)c1ccc2nc(N=C3C(OC(F)(F)F)=CCCC3Cl)[nH]c2c1. The minimum atomic E-state index is -4.86. The second-order valence-electron chi connectivity index (χ2n) is 6.91. The van der Waals surface area contributed by atoms with Crippen LogP contribution in [0, 0.1) is 0 Å². The van der Waals surface area contributed by atoms with Gasteiger partial charge in [0.15, 0.2) is 0 Å². The Hall–Kier alpha value is -2.85. The van der Waals surface area contributed by atoms with Gasteiger partial charge in [-0.1, -0.05) is 15.9 Å². The minimum absolute atomic E-state index is 0.0532. The van der Waals surface area contributed by atoms with Crippen molar-refractivity contribution in [3.05, 3.63) is 64.3 Å². The predicted octanol–water partition coefficient (Wildman–Crippen LogP) is 6.47. The summed E-state index contributed by atoms with van der Waals surface area (Å²) in [5.74, 6) is -0.697. The zero-order chi connectivity index (χ0) is 22.9. The van der Waals surface area contributed by atoms with Gasteiger partial charge in [-0.25, -0.2) is 9.98 Å². The lowest BCUT2D eigenvalue weighted by Crippen LogP contribution is -2.26. The number of aromatic nitrogens is 2. The van der Waals surface area contributed by atoms with Crippen LogP contribution < -0.4 is 5.32 Å². The van der Waals surface area contributed by atoms with E-state index in [1.165, 1.54) is 6.08 Å². The smallest absolute Gasteiger partial charge is 0.404 e. The summed E-state index contributed by atoms with van der Waals surface area (Å²) >= 11 is 9.53. The molecule has 1 aliphatic rings. The van der Waals surface area contributed by atoms with Crippen LogP contribution in [0.5, 0.6) is 0 Å². The number of rotatable bonds is 4. The lowest BCUT2D eigenvalue weighted by atomic mass is 10.0. The Morgan fingerprint density at radius 3 is 2.72 bits per heavy atom. The highest BCUT2D eigenvalue weighted by Gasteiger charge is 2.36. The normalized spacial score (nSPS) is 18.0. The number of amides is 1. The van der Waals surface area contributed by atoms with Crippen LogP contribution in [-0.4, -0.2) is 33.3 Å². The molecule has 0 radical (unpaired) electrons. The maximum atomic E-state index is 12.7. The summed E-state index contributed by atoms with van der Waals surface area (Å²) < 4.78 is 43.1. The number of allylic oxidation sites excluding steroid dienone is 2. The number of halogens is 5. The number of anilines is 1. The number of hydrogen-bond acceptors (Lipinski definition) is 4. The van der Waals surface area contributed by atoms with Gasteiger partial charge < -0.3 is 15.0 Å². The van der Waals surface area contributed by atoms with E-state index in [1.807, 2.05) is 0 Å². The highest BCUT2D eigenvalue weighted by atomic mass is 79.9. The van der Waals surface area contributed by atoms with Gasteiger partial charge >= 0.3 is 6.36 Å². The zero-order valence-electron chi connectivity index (χ0n) is 16.2. The molecule has 1 heterocycles. The summed E-state index contributed by atoms with van der Waals surface area (Å²) in [5, 5.41) is 2.03. The van der Waals surface area contributed by atoms with Crippen LogP contribution in [0.25, 0.3) is 11.0 Å². The molecule has 0 spiro atoms. The van der Waals surface area contributed by atoms with Gasteiger partial charge in [0, 0.05) is 15.7 Å². The molecule has 2 N–H and O–H groups in total. The summed E-state index contributed by atoms with van der Waals surface area (Å²) in [6.07, 6.45) is -2.79. The first-order chi connectivity index (χ1) is 15.2. The Morgan fingerprint density at radius 1 is 1.25 bits per heavy atom. The minimum Gasteiger partial charge on any atom is -0.404 e. The van der Waals surface area contributed by atoms with Crippen molar-refractivity contribution in [2.24, 2.45) is 4.99 Å². The number of alkyl halides is 4. The van der Waals surface area contributed by atoms with Gasteiger partial charge in [0.2, 0.25) is 5.95 Å². The molecule has 0 fully saturated rings. The molecule has 0 saturated carbocycles. The number of nitrogens with zero attached hydrogens (tertiary/aromatic N) is 2. The summed E-state index contributed by atoms with van der Waals surface area (Å²) in [6.45, 7) is 0. The number of nitrogens with one attached hydrogen (secondary N) is 2. The Labute approximate surface area is 193 Å². The maximum Gasteiger partial charge on any atom is 0.573 e. The van der Waals surface area contributed by atoms with Gasteiger partial charge in [-0.2, -0.15) is 0 Å². The molecule has 6 nitrogen and oxygen atoms in total. The van der Waals surface area contributed by atoms with E-state index in [9.17, 15) is 18.0 Å². The molecule has 1 amide bonds. The Kier molecular flexibility index (Phi) is 6.25. The summed E-state index contributed by atoms with van der Waals surface area (Å²) in [6, 6.07) is 11.9. The summed E-state index contributed by atoms with van der Waals surface area (Å²) in [5.41, 5.74) is 1.94. The molecule has 4 rings (SSSR count). The monoisotopic (exact) mass is 526 g/mol. The third-order valence-electron chi connectivity index (χ3n) is 4.58. The maximum absolute atomic E-state index is 12.7.